The van der Waals surface area contributed by atoms with E-state index >= 15 is 0 Å². The summed E-state index contributed by atoms with van der Waals surface area (Å²) in [5.41, 5.74) is 2.38. The largest absolute Gasteiger partial charge is 0.497 e. The van der Waals surface area contributed by atoms with E-state index < -0.39 is 0 Å². The summed E-state index contributed by atoms with van der Waals surface area (Å²) in [7, 11) is 1.69. The molecule has 0 N–H and O–H groups in total. The maximum Gasteiger partial charge on any atom is 0.119 e. The topological polar surface area (TPSA) is 22.4 Å². The molecule has 0 saturated heterocycles. The van der Waals surface area contributed by atoms with Crippen molar-refractivity contribution in [2.24, 2.45) is 0 Å². The number of hydrogen-bond acceptors (Lipinski definition) is 2. The van der Waals surface area contributed by atoms with Gasteiger partial charge < -0.3 is 9.15 Å². The molecule has 3 heteroatoms. The van der Waals surface area contributed by atoms with Gasteiger partial charge in [0.1, 0.15) is 11.5 Å². The number of benzene rings is 2. The van der Waals surface area contributed by atoms with Gasteiger partial charge in [-0.3, -0.25) is 0 Å². The smallest absolute Gasteiger partial charge is 0.119 e. The molecule has 0 aliphatic heterocycles. The van der Waals surface area contributed by atoms with Crippen LogP contribution in [0.5, 0.6) is 5.75 Å². The summed E-state index contributed by atoms with van der Waals surface area (Å²) in [6, 6.07) is 14.6. The van der Waals surface area contributed by atoms with Gasteiger partial charge in [-0.15, -0.1) is 0 Å². The van der Waals surface area contributed by atoms with Crippen molar-refractivity contribution >= 4 is 26.7 Å². The molecule has 0 aliphatic carbocycles. The first-order chi connectivity index (χ1) is 9.69. The number of halogens is 1. The molecular formula is C17H15BrO2. The van der Waals surface area contributed by atoms with Crippen molar-refractivity contribution in [1.29, 1.82) is 0 Å². The van der Waals surface area contributed by atoms with Gasteiger partial charge in [-0.05, 0) is 47.5 Å². The van der Waals surface area contributed by atoms with Crippen molar-refractivity contribution in [3.05, 3.63) is 65.6 Å². The van der Waals surface area contributed by atoms with E-state index in [2.05, 4.69) is 40.2 Å². The Morgan fingerprint density at radius 2 is 1.80 bits per heavy atom. The highest BCUT2D eigenvalue weighted by Crippen LogP contribution is 2.35. The van der Waals surface area contributed by atoms with E-state index in [1.165, 1.54) is 16.3 Å². The summed E-state index contributed by atoms with van der Waals surface area (Å²) in [6.45, 7) is 1.98. The van der Waals surface area contributed by atoms with Gasteiger partial charge in [-0.1, -0.05) is 34.1 Å². The number of alkyl halides is 1. The Labute approximate surface area is 126 Å². The molecule has 102 valence electrons. The molecule has 1 atom stereocenters. The monoisotopic (exact) mass is 330 g/mol. The first-order valence-electron chi connectivity index (χ1n) is 6.45. The number of rotatable bonds is 3. The van der Waals surface area contributed by atoms with Gasteiger partial charge in [0.15, 0.2) is 0 Å². The SMILES string of the molecule is COc1ccc2cc(C(Br)c3ccoc3C)ccc2c1. The first kappa shape index (κ1) is 13.3. The van der Waals surface area contributed by atoms with Gasteiger partial charge in [-0.25, -0.2) is 0 Å². The quantitative estimate of drug-likeness (QED) is 0.613. The van der Waals surface area contributed by atoms with Crippen LogP contribution >= 0.6 is 15.9 Å². The van der Waals surface area contributed by atoms with Crippen LogP contribution in [0.3, 0.4) is 0 Å². The predicted octanol–water partition coefficient (Wildman–Crippen LogP) is 5.23. The normalized spacial score (nSPS) is 12.6. The molecule has 0 saturated carbocycles. The van der Waals surface area contributed by atoms with Crippen LogP contribution in [0.25, 0.3) is 10.8 Å². The van der Waals surface area contributed by atoms with E-state index in [0.29, 0.717) is 0 Å². The number of fused-ring (bicyclic) bond motifs is 1. The Balaban J connectivity index is 2.03. The summed E-state index contributed by atoms with van der Waals surface area (Å²) >= 11 is 3.75. The van der Waals surface area contributed by atoms with Crippen molar-refractivity contribution in [1.82, 2.24) is 0 Å². The lowest BCUT2D eigenvalue weighted by Crippen LogP contribution is -1.93. The molecule has 0 bridgehead atoms. The third-order valence-electron chi connectivity index (χ3n) is 3.54. The Hall–Kier alpha value is -1.74. The second kappa shape index (κ2) is 5.33. The van der Waals surface area contributed by atoms with Gasteiger partial charge in [0.25, 0.3) is 0 Å². The Bertz CT molecular complexity index is 746. The lowest BCUT2D eigenvalue weighted by molar-refractivity contribution is 0.415. The fourth-order valence-electron chi connectivity index (χ4n) is 2.36. The number of furan rings is 1. The van der Waals surface area contributed by atoms with E-state index in [9.17, 15) is 0 Å². The van der Waals surface area contributed by atoms with Crippen LogP contribution in [0.15, 0.2) is 53.1 Å². The van der Waals surface area contributed by atoms with Gasteiger partial charge in [0, 0.05) is 5.56 Å². The summed E-state index contributed by atoms with van der Waals surface area (Å²) in [5, 5.41) is 2.38. The highest BCUT2D eigenvalue weighted by atomic mass is 79.9. The zero-order valence-corrected chi connectivity index (χ0v) is 13.0. The average Bonchev–Trinajstić information content (AvgIpc) is 2.91. The van der Waals surface area contributed by atoms with Gasteiger partial charge in [0.05, 0.1) is 18.2 Å². The molecule has 0 radical (unpaired) electrons. The molecule has 1 aromatic heterocycles. The maximum absolute atomic E-state index is 5.38. The third kappa shape index (κ3) is 2.34. The summed E-state index contributed by atoms with van der Waals surface area (Å²) < 4.78 is 10.6. The number of methoxy groups -OCH3 is 1. The van der Waals surface area contributed by atoms with Crippen LogP contribution < -0.4 is 4.74 Å². The summed E-state index contributed by atoms with van der Waals surface area (Å²) in [5.74, 6) is 1.83. The standard InChI is InChI=1S/C17H15BrO2/c1-11-16(7-8-20-11)17(18)14-4-3-13-10-15(19-2)6-5-12(13)9-14/h3-10,17H,1-2H3. The fourth-order valence-corrected chi connectivity index (χ4v) is 3.12. The van der Waals surface area contributed by atoms with Gasteiger partial charge in [0.2, 0.25) is 0 Å². The van der Waals surface area contributed by atoms with E-state index in [4.69, 9.17) is 9.15 Å². The molecule has 1 heterocycles. The van der Waals surface area contributed by atoms with Crippen molar-refractivity contribution in [2.75, 3.05) is 7.11 Å². The van der Waals surface area contributed by atoms with Crippen LogP contribution in [0.2, 0.25) is 0 Å². The van der Waals surface area contributed by atoms with Crippen LogP contribution in [0.4, 0.5) is 0 Å². The number of hydrogen-bond donors (Lipinski definition) is 0. The van der Waals surface area contributed by atoms with Gasteiger partial charge >= 0.3 is 0 Å². The first-order valence-corrected chi connectivity index (χ1v) is 7.36. The van der Waals surface area contributed by atoms with Crippen LogP contribution in [-0.4, -0.2) is 7.11 Å². The van der Waals surface area contributed by atoms with Crippen molar-refractivity contribution in [3.63, 3.8) is 0 Å². The van der Waals surface area contributed by atoms with E-state index in [1.807, 2.05) is 25.1 Å². The van der Waals surface area contributed by atoms with Crippen LogP contribution in [0.1, 0.15) is 21.7 Å². The zero-order valence-electron chi connectivity index (χ0n) is 11.4. The molecule has 2 aromatic carbocycles. The number of aryl methyl sites for hydroxylation is 1. The number of ether oxygens (including phenoxy) is 1. The Morgan fingerprint density at radius 1 is 1.05 bits per heavy atom. The molecule has 0 spiro atoms. The van der Waals surface area contributed by atoms with E-state index in [0.717, 1.165) is 17.1 Å². The van der Waals surface area contributed by atoms with Gasteiger partial charge in [-0.2, -0.15) is 0 Å². The molecule has 1 unspecified atom stereocenters. The minimum absolute atomic E-state index is 0.146. The predicted molar refractivity (Wildman–Crippen MR) is 84.7 cm³/mol. The summed E-state index contributed by atoms with van der Waals surface area (Å²) in [6.07, 6.45) is 1.73. The maximum atomic E-state index is 5.38. The van der Waals surface area contributed by atoms with Crippen molar-refractivity contribution < 1.29 is 9.15 Å². The Morgan fingerprint density at radius 3 is 2.50 bits per heavy atom. The lowest BCUT2D eigenvalue weighted by Gasteiger charge is -2.11. The van der Waals surface area contributed by atoms with E-state index in [-0.39, 0.29) is 4.83 Å². The fraction of sp³-hybridized carbons (Fsp3) is 0.176. The lowest BCUT2D eigenvalue weighted by atomic mass is 10.0. The minimum atomic E-state index is 0.146. The molecule has 20 heavy (non-hydrogen) atoms. The average molecular weight is 331 g/mol. The molecule has 3 aromatic rings. The molecular weight excluding hydrogens is 316 g/mol. The Kier molecular flexibility index (Phi) is 3.53. The zero-order chi connectivity index (χ0) is 14.1. The molecule has 0 fully saturated rings. The summed E-state index contributed by atoms with van der Waals surface area (Å²) in [4.78, 5) is 0.146. The second-order valence-corrected chi connectivity index (χ2v) is 5.68. The molecule has 0 aliphatic rings. The van der Waals surface area contributed by atoms with Crippen molar-refractivity contribution in [2.45, 2.75) is 11.8 Å². The van der Waals surface area contributed by atoms with Crippen molar-refractivity contribution in [3.8, 4) is 5.75 Å². The minimum Gasteiger partial charge on any atom is -0.497 e. The molecule has 2 nitrogen and oxygen atoms in total. The highest BCUT2D eigenvalue weighted by molar-refractivity contribution is 9.09. The van der Waals surface area contributed by atoms with E-state index in [1.54, 1.807) is 13.4 Å². The molecule has 3 rings (SSSR count). The molecule has 0 amide bonds. The van der Waals surface area contributed by atoms with Crippen LogP contribution in [-0.2, 0) is 0 Å². The van der Waals surface area contributed by atoms with Crippen LogP contribution in [0, 0.1) is 6.92 Å². The highest BCUT2D eigenvalue weighted by Gasteiger charge is 2.15. The third-order valence-corrected chi connectivity index (χ3v) is 4.56. The second-order valence-electron chi connectivity index (χ2n) is 4.77.